The van der Waals surface area contributed by atoms with E-state index in [1.807, 2.05) is 11.8 Å². The van der Waals surface area contributed by atoms with Crippen LogP contribution in [0.5, 0.6) is 0 Å². The summed E-state index contributed by atoms with van der Waals surface area (Å²) in [5.74, 6) is 4.78. The van der Waals surface area contributed by atoms with E-state index in [0.717, 1.165) is 13.0 Å². The maximum atomic E-state index is 12.6. The average Bonchev–Trinajstić information content (AvgIpc) is 3.10. The van der Waals surface area contributed by atoms with Gasteiger partial charge in [-0.25, -0.2) is 0 Å². The van der Waals surface area contributed by atoms with E-state index in [1.54, 1.807) is 0 Å². The van der Waals surface area contributed by atoms with Gasteiger partial charge in [0, 0.05) is 29.1 Å². The molecule has 0 bridgehead atoms. The van der Waals surface area contributed by atoms with Crippen LogP contribution in [0.4, 0.5) is 0 Å². The third kappa shape index (κ3) is 3.14. The lowest BCUT2D eigenvalue weighted by Gasteiger charge is -2.33. The van der Waals surface area contributed by atoms with Crippen molar-refractivity contribution < 1.29 is 4.79 Å². The molecule has 3 fully saturated rings. The molecule has 2 saturated heterocycles. The molecule has 0 aromatic rings. The van der Waals surface area contributed by atoms with Crippen LogP contribution < -0.4 is 5.32 Å². The number of carbonyl (C=O) groups excluding carboxylic acids is 1. The van der Waals surface area contributed by atoms with Crippen molar-refractivity contribution in [3.8, 4) is 0 Å². The number of amides is 1. The van der Waals surface area contributed by atoms with Crippen LogP contribution in [0.2, 0.25) is 0 Å². The van der Waals surface area contributed by atoms with Crippen LogP contribution in [-0.2, 0) is 4.79 Å². The summed E-state index contributed by atoms with van der Waals surface area (Å²) >= 11 is 4.11. The van der Waals surface area contributed by atoms with Crippen LogP contribution >= 0.6 is 23.5 Å². The molecule has 3 rings (SSSR count). The van der Waals surface area contributed by atoms with Gasteiger partial charge in [0.15, 0.2) is 0 Å². The standard InChI is InChI=1S/C15H26N2OS2/c1-2-13-15(18)17(9-12-10-19-7-8-20-12)14(16-13)11-5-3-4-6-11/h11-14,16H,2-10H2,1H3. The summed E-state index contributed by atoms with van der Waals surface area (Å²) in [5, 5.41) is 4.27. The number of hydrogen-bond acceptors (Lipinski definition) is 4. The molecule has 2 aliphatic heterocycles. The molecule has 1 saturated carbocycles. The largest absolute Gasteiger partial charge is 0.324 e. The average molecular weight is 315 g/mol. The highest BCUT2D eigenvalue weighted by atomic mass is 32.2. The molecule has 3 unspecified atom stereocenters. The van der Waals surface area contributed by atoms with Gasteiger partial charge in [0.05, 0.1) is 12.2 Å². The zero-order valence-corrected chi connectivity index (χ0v) is 14.0. The maximum absolute atomic E-state index is 12.6. The summed E-state index contributed by atoms with van der Waals surface area (Å²) in [4.78, 5) is 14.8. The Bertz CT molecular complexity index is 341. The Morgan fingerprint density at radius 1 is 1.30 bits per heavy atom. The lowest BCUT2D eigenvalue weighted by molar-refractivity contribution is -0.130. The Morgan fingerprint density at radius 3 is 2.75 bits per heavy atom. The van der Waals surface area contributed by atoms with E-state index >= 15 is 0 Å². The highest BCUT2D eigenvalue weighted by molar-refractivity contribution is 8.06. The van der Waals surface area contributed by atoms with Crippen LogP contribution in [0.25, 0.3) is 0 Å². The second-order valence-electron chi connectivity index (χ2n) is 6.18. The quantitative estimate of drug-likeness (QED) is 0.864. The van der Waals surface area contributed by atoms with Gasteiger partial charge in [-0.2, -0.15) is 23.5 Å². The van der Waals surface area contributed by atoms with Crippen molar-refractivity contribution in [1.82, 2.24) is 10.2 Å². The zero-order chi connectivity index (χ0) is 13.9. The minimum atomic E-state index is 0.0712. The molecule has 2 heterocycles. The molecule has 3 nitrogen and oxygen atoms in total. The zero-order valence-electron chi connectivity index (χ0n) is 12.3. The van der Waals surface area contributed by atoms with Gasteiger partial charge in [0.25, 0.3) is 0 Å². The number of thioether (sulfide) groups is 2. The first-order valence-electron chi connectivity index (χ1n) is 8.05. The third-order valence-corrected chi connectivity index (χ3v) is 7.66. The number of rotatable bonds is 4. The molecule has 5 heteroatoms. The van der Waals surface area contributed by atoms with E-state index in [1.165, 1.54) is 42.9 Å². The van der Waals surface area contributed by atoms with Gasteiger partial charge < -0.3 is 4.90 Å². The monoisotopic (exact) mass is 314 g/mol. The number of nitrogens with zero attached hydrogens (tertiary/aromatic N) is 1. The molecule has 1 amide bonds. The first-order valence-corrected chi connectivity index (χ1v) is 10.3. The normalized spacial score (nSPS) is 36.0. The van der Waals surface area contributed by atoms with Gasteiger partial charge in [0.1, 0.15) is 0 Å². The molecule has 3 aliphatic rings. The van der Waals surface area contributed by atoms with Crippen LogP contribution in [0.15, 0.2) is 0 Å². The fraction of sp³-hybridized carbons (Fsp3) is 0.933. The summed E-state index contributed by atoms with van der Waals surface area (Å²) in [5.41, 5.74) is 0. The Hall–Kier alpha value is 0.130. The highest BCUT2D eigenvalue weighted by Gasteiger charge is 2.43. The molecule has 0 aromatic heterocycles. The lowest BCUT2D eigenvalue weighted by Crippen LogP contribution is -2.46. The van der Waals surface area contributed by atoms with Gasteiger partial charge in [0.2, 0.25) is 5.91 Å². The predicted octanol–water partition coefficient (Wildman–Crippen LogP) is 2.56. The van der Waals surface area contributed by atoms with Crippen molar-refractivity contribution in [2.75, 3.05) is 23.8 Å². The van der Waals surface area contributed by atoms with Crippen molar-refractivity contribution in [3.63, 3.8) is 0 Å². The highest BCUT2D eigenvalue weighted by Crippen LogP contribution is 2.34. The minimum absolute atomic E-state index is 0.0712. The predicted molar refractivity (Wildman–Crippen MR) is 88.2 cm³/mol. The van der Waals surface area contributed by atoms with Crippen LogP contribution in [0.1, 0.15) is 39.0 Å². The molecule has 114 valence electrons. The van der Waals surface area contributed by atoms with Crippen molar-refractivity contribution in [2.24, 2.45) is 5.92 Å². The fourth-order valence-electron chi connectivity index (χ4n) is 3.73. The van der Waals surface area contributed by atoms with Crippen molar-refractivity contribution in [1.29, 1.82) is 0 Å². The Kier molecular flexibility index (Phi) is 5.21. The van der Waals surface area contributed by atoms with E-state index in [4.69, 9.17) is 0 Å². The molecule has 20 heavy (non-hydrogen) atoms. The van der Waals surface area contributed by atoms with Crippen LogP contribution in [0, 0.1) is 5.92 Å². The van der Waals surface area contributed by atoms with Gasteiger partial charge in [-0.15, -0.1) is 0 Å². The van der Waals surface area contributed by atoms with Gasteiger partial charge in [-0.3, -0.25) is 10.1 Å². The molecule has 1 N–H and O–H groups in total. The molecule has 1 aliphatic carbocycles. The van der Waals surface area contributed by atoms with Crippen molar-refractivity contribution >= 4 is 29.4 Å². The summed E-state index contributed by atoms with van der Waals surface area (Å²) in [6.07, 6.45) is 6.52. The first-order chi connectivity index (χ1) is 9.79. The summed E-state index contributed by atoms with van der Waals surface area (Å²) < 4.78 is 0. The Balaban J connectivity index is 1.67. The minimum Gasteiger partial charge on any atom is -0.324 e. The molecular formula is C15H26N2OS2. The van der Waals surface area contributed by atoms with Crippen molar-refractivity contribution in [2.45, 2.75) is 56.5 Å². The molecule has 0 aromatic carbocycles. The van der Waals surface area contributed by atoms with E-state index < -0.39 is 0 Å². The van der Waals surface area contributed by atoms with E-state index in [0.29, 0.717) is 23.2 Å². The molecule has 0 radical (unpaired) electrons. The van der Waals surface area contributed by atoms with Crippen molar-refractivity contribution in [3.05, 3.63) is 0 Å². The van der Waals surface area contributed by atoms with Crippen LogP contribution in [-0.4, -0.2) is 52.1 Å². The van der Waals surface area contributed by atoms with Gasteiger partial charge in [-0.05, 0) is 25.2 Å². The molecule has 0 spiro atoms. The van der Waals surface area contributed by atoms with E-state index in [-0.39, 0.29) is 6.04 Å². The molecule has 3 atom stereocenters. The maximum Gasteiger partial charge on any atom is 0.241 e. The number of nitrogens with one attached hydrogen (secondary N) is 1. The topological polar surface area (TPSA) is 32.3 Å². The number of carbonyl (C=O) groups is 1. The summed E-state index contributed by atoms with van der Waals surface area (Å²) in [6.45, 7) is 3.08. The second kappa shape index (κ2) is 6.93. The molecular weight excluding hydrogens is 288 g/mol. The Morgan fingerprint density at radius 2 is 2.10 bits per heavy atom. The SMILES string of the molecule is CCC1NC(C2CCCC2)N(CC2CSCCS2)C1=O. The van der Waals surface area contributed by atoms with E-state index in [2.05, 4.69) is 28.9 Å². The van der Waals surface area contributed by atoms with Gasteiger partial charge >= 0.3 is 0 Å². The lowest BCUT2D eigenvalue weighted by atomic mass is 10.0. The number of hydrogen-bond donors (Lipinski definition) is 1. The smallest absolute Gasteiger partial charge is 0.241 e. The van der Waals surface area contributed by atoms with Crippen LogP contribution in [0.3, 0.4) is 0 Å². The first kappa shape index (κ1) is 15.0. The van der Waals surface area contributed by atoms with E-state index in [9.17, 15) is 4.79 Å². The second-order valence-corrected chi connectivity index (χ2v) is 8.73. The Labute approximate surface area is 131 Å². The summed E-state index contributed by atoms with van der Waals surface area (Å²) in [7, 11) is 0. The third-order valence-electron chi connectivity index (χ3n) is 4.83. The summed E-state index contributed by atoms with van der Waals surface area (Å²) in [6, 6.07) is 0.0712. The fourth-order valence-corrected chi connectivity index (χ4v) is 6.39. The van der Waals surface area contributed by atoms with Gasteiger partial charge in [-0.1, -0.05) is 19.8 Å².